The Labute approximate surface area is 192 Å². The normalized spacial score (nSPS) is 10.8. The van der Waals surface area contributed by atoms with E-state index in [0.717, 1.165) is 0 Å². The number of nitro groups is 1. The third kappa shape index (κ3) is 4.42. The van der Waals surface area contributed by atoms with Gasteiger partial charge in [0.05, 0.1) is 23.1 Å². The van der Waals surface area contributed by atoms with E-state index in [1.807, 2.05) is 0 Å². The van der Waals surface area contributed by atoms with Gasteiger partial charge in [0.1, 0.15) is 11.6 Å². The number of rotatable bonds is 6. The fourth-order valence-corrected chi connectivity index (χ4v) is 3.65. The van der Waals surface area contributed by atoms with Gasteiger partial charge in [-0.2, -0.15) is 0 Å². The van der Waals surface area contributed by atoms with Crippen LogP contribution in [-0.2, 0) is 6.42 Å². The Hall–Kier alpha value is -4.73. The number of ether oxygens (including phenoxy) is 1. The van der Waals surface area contributed by atoms with E-state index in [1.54, 1.807) is 12.3 Å². The van der Waals surface area contributed by atoms with Crippen molar-refractivity contribution in [2.75, 3.05) is 12.4 Å². The summed E-state index contributed by atoms with van der Waals surface area (Å²) in [6.07, 6.45) is 1.77. The molecule has 2 N–H and O–H groups in total. The Balaban J connectivity index is 1.77. The zero-order valence-corrected chi connectivity index (χ0v) is 17.8. The molecule has 9 nitrogen and oxygen atoms in total. The lowest BCUT2D eigenvalue weighted by atomic mass is 10.0. The standard InChI is InChI=1S/C24H18FN3O6/c1-34-22-11-15(23(29)30)3-2-14(22)10-16-13-27(21-9-8-19(28(32)33)12-20(16)21)24(31)26-18-6-4-17(25)5-7-18/h2-9,11-13H,10H2,1H3,(H,26,31)(H,29,30). The molecule has 0 atom stereocenters. The molecule has 0 unspecified atom stereocenters. The maximum absolute atomic E-state index is 13.2. The van der Waals surface area contributed by atoms with Gasteiger partial charge in [0.25, 0.3) is 5.69 Å². The van der Waals surface area contributed by atoms with E-state index in [1.165, 1.54) is 66.3 Å². The predicted molar refractivity (Wildman–Crippen MR) is 122 cm³/mol. The van der Waals surface area contributed by atoms with E-state index in [-0.39, 0.29) is 17.7 Å². The van der Waals surface area contributed by atoms with E-state index >= 15 is 0 Å². The molecule has 0 fully saturated rings. The molecule has 0 radical (unpaired) electrons. The predicted octanol–water partition coefficient (Wildman–Crippen LogP) is 5.07. The smallest absolute Gasteiger partial charge is 0.335 e. The number of benzene rings is 3. The third-order valence-corrected chi connectivity index (χ3v) is 5.31. The first-order valence-electron chi connectivity index (χ1n) is 10.0. The number of hydrogen-bond acceptors (Lipinski definition) is 5. The number of carbonyl (C=O) groups is 2. The van der Waals surface area contributed by atoms with Crippen molar-refractivity contribution >= 4 is 34.3 Å². The molecule has 0 aliphatic carbocycles. The number of aromatic nitrogens is 1. The van der Waals surface area contributed by atoms with Crippen molar-refractivity contribution in [3.8, 4) is 5.75 Å². The molecule has 0 saturated heterocycles. The molecule has 1 heterocycles. The van der Waals surface area contributed by atoms with Gasteiger partial charge in [-0.05, 0) is 53.6 Å². The van der Waals surface area contributed by atoms with Gasteiger partial charge in [-0.1, -0.05) is 6.07 Å². The van der Waals surface area contributed by atoms with E-state index in [9.17, 15) is 29.2 Å². The largest absolute Gasteiger partial charge is 0.496 e. The van der Waals surface area contributed by atoms with Crippen LogP contribution >= 0.6 is 0 Å². The number of carboxylic acids is 1. The Bertz CT molecular complexity index is 1430. The van der Waals surface area contributed by atoms with Crippen LogP contribution in [0.3, 0.4) is 0 Å². The summed E-state index contributed by atoms with van der Waals surface area (Å²) in [5.74, 6) is -1.21. The number of hydrogen-bond donors (Lipinski definition) is 2. The Morgan fingerprint density at radius 2 is 1.82 bits per heavy atom. The van der Waals surface area contributed by atoms with E-state index in [0.29, 0.717) is 33.5 Å². The Morgan fingerprint density at radius 3 is 2.47 bits per heavy atom. The second-order valence-corrected chi connectivity index (χ2v) is 7.43. The SMILES string of the molecule is COc1cc(C(=O)O)ccc1Cc1cn(C(=O)Nc2ccc(F)cc2)c2ccc([N+](=O)[O-])cc12. The number of methoxy groups -OCH3 is 1. The lowest BCUT2D eigenvalue weighted by Crippen LogP contribution is -2.18. The van der Waals surface area contributed by atoms with Crippen molar-refractivity contribution in [2.45, 2.75) is 6.42 Å². The van der Waals surface area contributed by atoms with Crippen molar-refractivity contribution in [1.82, 2.24) is 4.57 Å². The summed E-state index contributed by atoms with van der Waals surface area (Å²) in [6.45, 7) is 0. The van der Waals surface area contributed by atoms with Crippen LogP contribution in [0.15, 0.2) is 66.9 Å². The van der Waals surface area contributed by atoms with Gasteiger partial charge in [0.15, 0.2) is 0 Å². The quantitative estimate of drug-likeness (QED) is 0.304. The van der Waals surface area contributed by atoms with Gasteiger partial charge in [-0.15, -0.1) is 0 Å². The molecule has 0 bridgehead atoms. The van der Waals surface area contributed by atoms with Gasteiger partial charge in [-0.3, -0.25) is 14.7 Å². The van der Waals surface area contributed by atoms with Crippen LogP contribution in [-0.4, -0.2) is 33.7 Å². The first kappa shape index (κ1) is 22.5. The number of anilines is 1. The summed E-state index contributed by atoms with van der Waals surface area (Å²) < 4.78 is 19.8. The molecule has 0 spiro atoms. The van der Waals surface area contributed by atoms with Crippen LogP contribution in [0.25, 0.3) is 10.9 Å². The van der Waals surface area contributed by atoms with E-state index in [4.69, 9.17) is 4.74 Å². The van der Waals surface area contributed by atoms with E-state index < -0.39 is 22.7 Å². The number of carboxylic acid groups (broad SMARTS) is 1. The molecular weight excluding hydrogens is 445 g/mol. The minimum absolute atomic E-state index is 0.0531. The van der Waals surface area contributed by atoms with Gasteiger partial charge in [0, 0.05) is 35.8 Å². The number of fused-ring (bicyclic) bond motifs is 1. The number of nitrogens with zero attached hydrogens (tertiary/aromatic N) is 2. The molecular formula is C24H18FN3O6. The van der Waals surface area contributed by atoms with Gasteiger partial charge < -0.3 is 15.2 Å². The van der Waals surface area contributed by atoms with Crippen LogP contribution in [0.5, 0.6) is 5.75 Å². The maximum Gasteiger partial charge on any atom is 0.335 e. The Morgan fingerprint density at radius 1 is 1.09 bits per heavy atom. The number of carbonyl (C=O) groups excluding carboxylic acids is 1. The zero-order valence-electron chi connectivity index (χ0n) is 17.8. The lowest BCUT2D eigenvalue weighted by Gasteiger charge is -2.09. The summed E-state index contributed by atoms with van der Waals surface area (Å²) in [4.78, 5) is 35.1. The molecule has 4 rings (SSSR count). The minimum atomic E-state index is -1.10. The van der Waals surface area contributed by atoms with Crippen molar-refractivity contribution < 1.29 is 28.7 Å². The lowest BCUT2D eigenvalue weighted by molar-refractivity contribution is -0.384. The highest BCUT2D eigenvalue weighted by atomic mass is 19.1. The van der Waals surface area contributed by atoms with Crippen molar-refractivity contribution in [1.29, 1.82) is 0 Å². The summed E-state index contributed by atoms with van der Waals surface area (Å²) in [6, 6.07) is 13.3. The fraction of sp³-hybridized carbons (Fsp3) is 0.0833. The van der Waals surface area contributed by atoms with Crippen LogP contribution in [0.4, 0.5) is 20.6 Å². The molecule has 0 saturated carbocycles. The molecule has 0 aliphatic heterocycles. The van der Waals surface area contributed by atoms with Gasteiger partial charge >= 0.3 is 12.0 Å². The van der Waals surface area contributed by atoms with E-state index in [2.05, 4.69) is 5.32 Å². The fourth-order valence-electron chi connectivity index (χ4n) is 3.65. The van der Waals surface area contributed by atoms with Crippen LogP contribution < -0.4 is 10.1 Å². The van der Waals surface area contributed by atoms with Crippen LogP contribution in [0.1, 0.15) is 21.5 Å². The first-order chi connectivity index (χ1) is 16.3. The second kappa shape index (κ2) is 9.02. The van der Waals surface area contributed by atoms with Crippen molar-refractivity contribution in [2.24, 2.45) is 0 Å². The number of nitro benzene ring substituents is 1. The maximum atomic E-state index is 13.2. The summed E-state index contributed by atoms with van der Waals surface area (Å²) >= 11 is 0. The highest BCUT2D eigenvalue weighted by Gasteiger charge is 2.19. The van der Waals surface area contributed by atoms with Crippen molar-refractivity contribution in [3.63, 3.8) is 0 Å². The number of aromatic carboxylic acids is 1. The summed E-state index contributed by atoms with van der Waals surface area (Å²) in [7, 11) is 1.41. The third-order valence-electron chi connectivity index (χ3n) is 5.31. The van der Waals surface area contributed by atoms with Gasteiger partial charge in [0.2, 0.25) is 0 Å². The zero-order chi connectivity index (χ0) is 24.4. The monoisotopic (exact) mass is 463 g/mol. The van der Waals surface area contributed by atoms with Crippen molar-refractivity contribution in [3.05, 3.63) is 99.5 Å². The number of halogens is 1. The summed E-state index contributed by atoms with van der Waals surface area (Å²) in [5.41, 5.74) is 1.95. The average molecular weight is 463 g/mol. The minimum Gasteiger partial charge on any atom is -0.496 e. The number of amides is 1. The molecule has 3 aromatic carbocycles. The molecule has 10 heteroatoms. The molecule has 34 heavy (non-hydrogen) atoms. The molecule has 172 valence electrons. The second-order valence-electron chi connectivity index (χ2n) is 7.43. The van der Waals surface area contributed by atoms with Crippen LogP contribution in [0, 0.1) is 15.9 Å². The highest BCUT2D eigenvalue weighted by molar-refractivity contribution is 6.00. The molecule has 4 aromatic rings. The first-order valence-corrected chi connectivity index (χ1v) is 10.0. The Kier molecular flexibility index (Phi) is 5.96. The highest BCUT2D eigenvalue weighted by Crippen LogP contribution is 2.31. The summed E-state index contributed by atoms with van der Waals surface area (Å²) in [5, 5.41) is 23.7. The molecule has 0 aliphatic rings. The topological polar surface area (TPSA) is 124 Å². The molecule has 1 amide bonds. The van der Waals surface area contributed by atoms with Crippen LogP contribution in [0.2, 0.25) is 0 Å². The average Bonchev–Trinajstić information content (AvgIpc) is 3.18. The number of nitrogens with one attached hydrogen (secondary N) is 1. The number of non-ortho nitro benzene ring substituents is 1. The van der Waals surface area contributed by atoms with Gasteiger partial charge in [-0.25, -0.2) is 14.0 Å². The molecule has 1 aromatic heterocycles.